The summed E-state index contributed by atoms with van der Waals surface area (Å²) in [6.45, 7) is 0. The van der Waals surface area contributed by atoms with Crippen LogP contribution in [-0.4, -0.2) is 15.2 Å². The number of aromatic amines is 1. The van der Waals surface area contributed by atoms with Crippen molar-refractivity contribution >= 4 is 17.3 Å². The molecule has 0 amide bonds. The molecule has 74 valence electrons. The zero-order valence-electron chi connectivity index (χ0n) is 7.53. The van der Waals surface area contributed by atoms with Crippen molar-refractivity contribution in [2.75, 3.05) is 5.73 Å². The average Bonchev–Trinajstić information content (AvgIpc) is 2.65. The molecule has 0 saturated heterocycles. The summed E-state index contributed by atoms with van der Waals surface area (Å²) in [5.74, 6) is 0. The summed E-state index contributed by atoms with van der Waals surface area (Å²) in [5, 5.41) is 15.7. The van der Waals surface area contributed by atoms with Crippen LogP contribution in [0.5, 0.6) is 0 Å². The maximum Gasteiger partial charge on any atom is 0.130 e. The quantitative estimate of drug-likeness (QED) is 0.762. The molecule has 0 atom stereocenters. The zero-order chi connectivity index (χ0) is 10.8. The standard InChI is InChI=1S/C9H6ClN5/c10-7-1-6(12)4-13-9(7)8-5(2-11)3-14-15-8/h1,3-4H,12H2,(H,14,15). The van der Waals surface area contributed by atoms with Gasteiger partial charge in [0.1, 0.15) is 17.5 Å². The van der Waals surface area contributed by atoms with Crippen LogP contribution in [-0.2, 0) is 0 Å². The Morgan fingerprint density at radius 1 is 1.47 bits per heavy atom. The van der Waals surface area contributed by atoms with Gasteiger partial charge in [-0.2, -0.15) is 10.4 Å². The van der Waals surface area contributed by atoms with Crippen LogP contribution in [0, 0.1) is 11.3 Å². The molecule has 0 spiro atoms. The lowest BCUT2D eigenvalue weighted by molar-refractivity contribution is 1.09. The van der Waals surface area contributed by atoms with Crippen LogP contribution in [0.3, 0.4) is 0 Å². The molecule has 3 N–H and O–H groups in total. The second-order valence-electron chi connectivity index (χ2n) is 2.86. The van der Waals surface area contributed by atoms with Gasteiger partial charge in [0.25, 0.3) is 0 Å². The molecule has 0 bridgehead atoms. The molecule has 15 heavy (non-hydrogen) atoms. The summed E-state index contributed by atoms with van der Waals surface area (Å²) in [7, 11) is 0. The number of nitrogens with one attached hydrogen (secondary N) is 1. The lowest BCUT2D eigenvalue weighted by Gasteiger charge is -2.00. The van der Waals surface area contributed by atoms with E-state index in [9.17, 15) is 0 Å². The minimum Gasteiger partial charge on any atom is -0.397 e. The first-order chi connectivity index (χ1) is 7.22. The summed E-state index contributed by atoms with van der Waals surface area (Å²) in [4.78, 5) is 4.04. The van der Waals surface area contributed by atoms with Crippen molar-refractivity contribution in [3.05, 3.63) is 29.0 Å². The van der Waals surface area contributed by atoms with E-state index in [2.05, 4.69) is 15.2 Å². The van der Waals surface area contributed by atoms with Crippen LogP contribution in [0.1, 0.15) is 5.56 Å². The Balaban J connectivity index is 2.60. The van der Waals surface area contributed by atoms with Gasteiger partial charge in [-0.05, 0) is 6.07 Å². The Morgan fingerprint density at radius 3 is 2.93 bits per heavy atom. The highest BCUT2D eigenvalue weighted by Gasteiger charge is 2.12. The molecule has 0 aliphatic heterocycles. The molecule has 0 fully saturated rings. The van der Waals surface area contributed by atoms with Crippen LogP contribution in [0.4, 0.5) is 5.69 Å². The average molecular weight is 220 g/mol. The van der Waals surface area contributed by atoms with E-state index in [0.29, 0.717) is 27.7 Å². The predicted molar refractivity (Wildman–Crippen MR) is 56.0 cm³/mol. The Morgan fingerprint density at radius 2 is 2.27 bits per heavy atom. The Bertz CT molecular complexity index is 540. The summed E-state index contributed by atoms with van der Waals surface area (Å²) in [6.07, 6.45) is 2.96. The van der Waals surface area contributed by atoms with Crippen LogP contribution < -0.4 is 5.73 Å². The molecule has 0 aliphatic carbocycles. The number of rotatable bonds is 1. The highest BCUT2D eigenvalue weighted by molar-refractivity contribution is 6.33. The molecule has 0 unspecified atom stereocenters. The third kappa shape index (κ3) is 1.63. The van der Waals surface area contributed by atoms with Crippen molar-refractivity contribution < 1.29 is 0 Å². The first-order valence-electron chi connectivity index (χ1n) is 4.07. The molecule has 0 aromatic carbocycles. The van der Waals surface area contributed by atoms with E-state index in [4.69, 9.17) is 22.6 Å². The third-order valence-corrected chi connectivity index (χ3v) is 2.14. The van der Waals surface area contributed by atoms with Gasteiger partial charge in [0.2, 0.25) is 0 Å². The van der Waals surface area contributed by atoms with Gasteiger partial charge in [-0.25, -0.2) is 0 Å². The van der Waals surface area contributed by atoms with E-state index in [1.54, 1.807) is 6.07 Å². The van der Waals surface area contributed by atoms with Crippen molar-refractivity contribution in [3.8, 4) is 17.5 Å². The number of H-pyrrole nitrogens is 1. The number of hydrogen-bond acceptors (Lipinski definition) is 4. The molecular formula is C9H6ClN5. The maximum absolute atomic E-state index is 8.81. The number of aromatic nitrogens is 3. The van der Waals surface area contributed by atoms with E-state index >= 15 is 0 Å². The monoisotopic (exact) mass is 219 g/mol. The van der Waals surface area contributed by atoms with E-state index in [1.807, 2.05) is 6.07 Å². The number of pyridine rings is 1. The van der Waals surface area contributed by atoms with Crippen molar-refractivity contribution in [2.45, 2.75) is 0 Å². The van der Waals surface area contributed by atoms with Crippen LogP contribution in [0.15, 0.2) is 18.5 Å². The SMILES string of the molecule is N#Cc1c[nH]nc1-c1ncc(N)cc1Cl. The third-order valence-electron chi connectivity index (χ3n) is 1.85. The minimum absolute atomic E-state index is 0.374. The molecule has 2 heterocycles. The fourth-order valence-corrected chi connectivity index (χ4v) is 1.45. The predicted octanol–water partition coefficient (Wildman–Crippen LogP) is 1.58. The second kappa shape index (κ2) is 3.59. The zero-order valence-corrected chi connectivity index (χ0v) is 8.28. The molecule has 6 heteroatoms. The number of anilines is 1. The Kier molecular flexibility index (Phi) is 2.27. The number of nitrogen functional groups attached to an aromatic ring is 1. The minimum atomic E-state index is 0.374. The number of nitriles is 1. The smallest absolute Gasteiger partial charge is 0.130 e. The normalized spacial score (nSPS) is 9.87. The lowest BCUT2D eigenvalue weighted by atomic mass is 10.2. The molecule has 2 rings (SSSR count). The van der Waals surface area contributed by atoms with Gasteiger partial charge < -0.3 is 5.73 Å². The highest BCUT2D eigenvalue weighted by Crippen LogP contribution is 2.27. The fourth-order valence-electron chi connectivity index (χ4n) is 1.18. The molecule has 2 aromatic rings. The van der Waals surface area contributed by atoms with Gasteiger partial charge in [0.15, 0.2) is 0 Å². The van der Waals surface area contributed by atoms with Gasteiger partial charge in [-0.3, -0.25) is 10.1 Å². The van der Waals surface area contributed by atoms with Gasteiger partial charge >= 0.3 is 0 Å². The number of nitrogens with two attached hydrogens (primary N) is 1. The molecule has 5 nitrogen and oxygen atoms in total. The Labute approximate surface area is 90.5 Å². The lowest BCUT2D eigenvalue weighted by Crippen LogP contribution is -1.91. The first-order valence-corrected chi connectivity index (χ1v) is 4.45. The van der Waals surface area contributed by atoms with Crippen LogP contribution >= 0.6 is 11.6 Å². The first kappa shape index (κ1) is 9.49. The summed E-state index contributed by atoms with van der Waals surface area (Å²) in [6, 6.07) is 3.56. The van der Waals surface area contributed by atoms with Crippen LogP contribution in [0.25, 0.3) is 11.4 Å². The van der Waals surface area contributed by atoms with E-state index in [-0.39, 0.29) is 0 Å². The van der Waals surface area contributed by atoms with Gasteiger partial charge in [-0.1, -0.05) is 11.6 Å². The summed E-state index contributed by atoms with van der Waals surface area (Å²) < 4.78 is 0. The van der Waals surface area contributed by atoms with Crippen molar-refractivity contribution in [1.82, 2.24) is 15.2 Å². The van der Waals surface area contributed by atoms with Crippen molar-refractivity contribution in [3.63, 3.8) is 0 Å². The van der Waals surface area contributed by atoms with Gasteiger partial charge in [-0.15, -0.1) is 0 Å². The van der Waals surface area contributed by atoms with Gasteiger partial charge in [0, 0.05) is 6.20 Å². The number of halogens is 1. The van der Waals surface area contributed by atoms with Crippen LogP contribution in [0.2, 0.25) is 5.02 Å². The van der Waals surface area contributed by atoms with E-state index in [0.717, 1.165) is 0 Å². The summed E-state index contributed by atoms with van der Waals surface area (Å²) >= 11 is 5.94. The van der Waals surface area contributed by atoms with E-state index in [1.165, 1.54) is 12.4 Å². The summed E-state index contributed by atoms with van der Waals surface area (Å²) in [5.41, 5.74) is 7.26. The molecule has 0 radical (unpaired) electrons. The van der Waals surface area contributed by atoms with E-state index < -0.39 is 0 Å². The topological polar surface area (TPSA) is 91.4 Å². The van der Waals surface area contributed by atoms with Crippen molar-refractivity contribution in [2.24, 2.45) is 0 Å². The maximum atomic E-state index is 8.81. The molecular weight excluding hydrogens is 214 g/mol. The molecule has 2 aromatic heterocycles. The largest absolute Gasteiger partial charge is 0.397 e. The Hall–Kier alpha value is -2.06. The molecule has 0 saturated carbocycles. The number of nitrogens with zero attached hydrogens (tertiary/aromatic N) is 3. The highest BCUT2D eigenvalue weighted by atomic mass is 35.5. The second-order valence-corrected chi connectivity index (χ2v) is 3.27. The number of hydrogen-bond donors (Lipinski definition) is 2. The van der Waals surface area contributed by atoms with Gasteiger partial charge in [0.05, 0.1) is 22.5 Å². The fraction of sp³-hybridized carbons (Fsp3) is 0. The molecule has 0 aliphatic rings. The van der Waals surface area contributed by atoms with Crippen molar-refractivity contribution in [1.29, 1.82) is 5.26 Å².